The molecule has 0 saturated carbocycles. The number of carbonyl (C=O) groups is 1. The van der Waals surface area contributed by atoms with Crippen molar-refractivity contribution >= 4 is 5.97 Å². The highest BCUT2D eigenvalue weighted by molar-refractivity contribution is 5.79. The summed E-state index contributed by atoms with van der Waals surface area (Å²) >= 11 is 0. The topological polar surface area (TPSA) is 38.3 Å². The Bertz CT molecular complexity index is 299. The van der Waals surface area contributed by atoms with Gasteiger partial charge in [-0.05, 0) is 6.42 Å². The average molecular weight is 231 g/mol. The maximum absolute atomic E-state index is 12.8. The second-order valence-electron chi connectivity index (χ2n) is 3.85. The van der Waals surface area contributed by atoms with Gasteiger partial charge in [0, 0.05) is 6.54 Å². The van der Waals surface area contributed by atoms with Crippen LogP contribution in [0, 0.1) is 12.3 Å². The minimum atomic E-state index is -3.34. The molecule has 1 aliphatic heterocycles. The molecule has 1 rings (SSSR count). The largest absolute Gasteiger partial charge is 0.456 e. The lowest BCUT2D eigenvalue weighted by Crippen LogP contribution is -2.34. The number of carbonyl (C=O) groups excluding carboxylic acids is 1. The number of rotatable bonds is 5. The standard InChI is InChI=1S/C11H15F2NO2/c1-3-5-8(4-2)14-7-9-6-11(12,13)10(15)16-9/h2,8-9,14H,3,5-7H2,1H3. The van der Waals surface area contributed by atoms with Gasteiger partial charge in [-0.25, -0.2) is 4.79 Å². The fourth-order valence-electron chi connectivity index (χ4n) is 1.57. The highest BCUT2D eigenvalue weighted by atomic mass is 19.3. The van der Waals surface area contributed by atoms with E-state index >= 15 is 0 Å². The van der Waals surface area contributed by atoms with Gasteiger partial charge in [-0.2, -0.15) is 8.78 Å². The van der Waals surface area contributed by atoms with Crippen molar-refractivity contribution in [3.63, 3.8) is 0 Å². The first-order chi connectivity index (χ1) is 7.49. The third-order valence-electron chi connectivity index (χ3n) is 2.43. The van der Waals surface area contributed by atoms with E-state index in [1.807, 2.05) is 6.92 Å². The lowest BCUT2D eigenvalue weighted by molar-refractivity contribution is -0.159. The fourth-order valence-corrected chi connectivity index (χ4v) is 1.57. The normalized spacial score (nSPS) is 24.9. The van der Waals surface area contributed by atoms with E-state index in [2.05, 4.69) is 16.0 Å². The quantitative estimate of drug-likeness (QED) is 0.573. The van der Waals surface area contributed by atoms with Crippen LogP contribution in [0.3, 0.4) is 0 Å². The van der Waals surface area contributed by atoms with Gasteiger partial charge in [-0.15, -0.1) is 6.42 Å². The Morgan fingerprint density at radius 1 is 1.75 bits per heavy atom. The minimum Gasteiger partial charge on any atom is -0.456 e. The second-order valence-corrected chi connectivity index (χ2v) is 3.85. The van der Waals surface area contributed by atoms with Crippen molar-refractivity contribution < 1.29 is 18.3 Å². The van der Waals surface area contributed by atoms with E-state index in [0.717, 1.165) is 12.8 Å². The van der Waals surface area contributed by atoms with Crippen molar-refractivity contribution in [3.05, 3.63) is 0 Å². The zero-order valence-electron chi connectivity index (χ0n) is 9.13. The van der Waals surface area contributed by atoms with E-state index in [9.17, 15) is 13.6 Å². The molecule has 1 fully saturated rings. The monoisotopic (exact) mass is 231 g/mol. The molecule has 0 aromatic carbocycles. The highest BCUT2D eigenvalue weighted by Crippen LogP contribution is 2.30. The molecule has 0 aromatic heterocycles. The molecule has 0 spiro atoms. The number of hydrogen-bond donors (Lipinski definition) is 1. The molecule has 3 nitrogen and oxygen atoms in total. The van der Waals surface area contributed by atoms with Crippen LogP contribution in [-0.4, -0.2) is 30.6 Å². The molecule has 5 heteroatoms. The Kier molecular flexibility index (Phi) is 4.25. The zero-order valence-corrected chi connectivity index (χ0v) is 9.13. The van der Waals surface area contributed by atoms with E-state index in [-0.39, 0.29) is 12.6 Å². The summed E-state index contributed by atoms with van der Waals surface area (Å²) in [6.07, 6.45) is 5.58. The maximum Gasteiger partial charge on any atom is 0.377 e. The van der Waals surface area contributed by atoms with Crippen LogP contribution in [0.15, 0.2) is 0 Å². The maximum atomic E-state index is 12.8. The molecular weight excluding hydrogens is 216 g/mol. The van der Waals surface area contributed by atoms with Crippen LogP contribution in [0.4, 0.5) is 8.78 Å². The molecule has 2 atom stereocenters. The van der Waals surface area contributed by atoms with Crippen molar-refractivity contribution in [1.82, 2.24) is 5.32 Å². The third kappa shape index (κ3) is 3.17. The summed E-state index contributed by atoms with van der Waals surface area (Å²) < 4.78 is 30.1. The van der Waals surface area contributed by atoms with Gasteiger partial charge in [0.1, 0.15) is 6.10 Å². The van der Waals surface area contributed by atoms with Crippen molar-refractivity contribution in [3.8, 4) is 12.3 Å². The van der Waals surface area contributed by atoms with Gasteiger partial charge in [0.25, 0.3) is 0 Å². The molecule has 0 bridgehead atoms. The van der Waals surface area contributed by atoms with Crippen molar-refractivity contribution in [2.45, 2.75) is 44.3 Å². The van der Waals surface area contributed by atoms with Gasteiger partial charge in [-0.3, -0.25) is 5.32 Å². The lowest BCUT2D eigenvalue weighted by atomic mass is 10.1. The van der Waals surface area contributed by atoms with Gasteiger partial charge >= 0.3 is 11.9 Å². The van der Waals surface area contributed by atoms with Gasteiger partial charge in [0.05, 0.1) is 12.5 Å². The van der Waals surface area contributed by atoms with Crippen molar-refractivity contribution in [1.29, 1.82) is 0 Å². The lowest BCUT2D eigenvalue weighted by Gasteiger charge is -2.14. The molecule has 1 N–H and O–H groups in total. The predicted molar refractivity (Wildman–Crippen MR) is 55.0 cm³/mol. The number of esters is 1. The summed E-state index contributed by atoms with van der Waals surface area (Å²) in [7, 11) is 0. The van der Waals surface area contributed by atoms with Gasteiger partial charge in [0.2, 0.25) is 0 Å². The fraction of sp³-hybridized carbons (Fsp3) is 0.727. The molecular formula is C11H15F2NO2. The van der Waals surface area contributed by atoms with Crippen LogP contribution in [0.2, 0.25) is 0 Å². The van der Waals surface area contributed by atoms with Crippen LogP contribution in [-0.2, 0) is 9.53 Å². The number of ether oxygens (including phenoxy) is 1. The molecule has 1 aliphatic rings. The van der Waals surface area contributed by atoms with Crippen molar-refractivity contribution in [2.24, 2.45) is 0 Å². The number of terminal acetylenes is 1. The Balaban J connectivity index is 2.35. The highest BCUT2D eigenvalue weighted by Gasteiger charge is 2.50. The Labute approximate surface area is 93.5 Å². The number of alkyl halides is 2. The Morgan fingerprint density at radius 2 is 2.44 bits per heavy atom. The molecule has 0 radical (unpaired) electrons. The molecule has 0 amide bonds. The van der Waals surface area contributed by atoms with Crippen molar-refractivity contribution in [2.75, 3.05) is 6.54 Å². The van der Waals surface area contributed by atoms with Crippen LogP contribution >= 0.6 is 0 Å². The summed E-state index contributed by atoms with van der Waals surface area (Å²) in [6.45, 7) is 2.16. The molecule has 16 heavy (non-hydrogen) atoms. The molecule has 0 aliphatic carbocycles. The summed E-state index contributed by atoms with van der Waals surface area (Å²) in [5.41, 5.74) is 0. The third-order valence-corrected chi connectivity index (χ3v) is 2.43. The first kappa shape index (κ1) is 12.9. The molecule has 90 valence electrons. The van der Waals surface area contributed by atoms with Gasteiger partial charge in [-0.1, -0.05) is 19.3 Å². The smallest absolute Gasteiger partial charge is 0.377 e. The van der Waals surface area contributed by atoms with Crippen LogP contribution in [0.1, 0.15) is 26.2 Å². The Morgan fingerprint density at radius 3 is 2.88 bits per heavy atom. The summed E-state index contributed by atoms with van der Waals surface area (Å²) in [5, 5.41) is 2.92. The number of hydrogen-bond acceptors (Lipinski definition) is 3. The predicted octanol–water partition coefficient (Wildman–Crippen LogP) is 1.33. The van der Waals surface area contributed by atoms with E-state index < -0.39 is 24.4 Å². The number of cyclic esters (lactones) is 1. The summed E-state index contributed by atoms with van der Waals surface area (Å²) in [6, 6.07) is -0.155. The van der Waals surface area contributed by atoms with Crippen LogP contribution in [0.5, 0.6) is 0 Å². The van der Waals surface area contributed by atoms with Gasteiger partial charge < -0.3 is 4.74 Å². The number of halogens is 2. The zero-order chi connectivity index (χ0) is 12.2. The van der Waals surface area contributed by atoms with E-state index in [1.165, 1.54) is 0 Å². The molecule has 1 saturated heterocycles. The van der Waals surface area contributed by atoms with Crippen LogP contribution in [0.25, 0.3) is 0 Å². The van der Waals surface area contributed by atoms with E-state index in [4.69, 9.17) is 6.42 Å². The number of nitrogens with one attached hydrogen (secondary N) is 1. The van der Waals surface area contributed by atoms with Gasteiger partial charge in [0.15, 0.2) is 0 Å². The Hall–Kier alpha value is -1.15. The first-order valence-electron chi connectivity index (χ1n) is 5.28. The minimum absolute atomic E-state index is 0.155. The summed E-state index contributed by atoms with van der Waals surface area (Å²) in [5.74, 6) is -2.26. The van der Waals surface area contributed by atoms with E-state index in [0.29, 0.717) is 0 Å². The molecule has 1 heterocycles. The molecule has 2 unspecified atom stereocenters. The average Bonchev–Trinajstić information content (AvgIpc) is 2.47. The van der Waals surface area contributed by atoms with Crippen LogP contribution < -0.4 is 5.32 Å². The second kappa shape index (κ2) is 5.26. The summed E-state index contributed by atoms with van der Waals surface area (Å²) in [4.78, 5) is 10.7. The van der Waals surface area contributed by atoms with E-state index in [1.54, 1.807) is 0 Å². The molecule has 0 aromatic rings. The first-order valence-corrected chi connectivity index (χ1v) is 5.28. The SMILES string of the molecule is C#CC(CCC)NCC1CC(F)(F)C(=O)O1.